The molecule has 2 aromatic rings. The first kappa shape index (κ1) is 16.0. The van der Waals surface area contributed by atoms with E-state index in [4.69, 9.17) is 0 Å². The number of benzene rings is 2. The van der Waals surface area contributed by atoms with Gasteiger partial charge in [0.25, 0.3) is 10.0 Å². The summed E-state index contributed by atoms with van der Waals surface area (Å²) in [6.45, 7) is 3.76. The summed E-state index contributed by atoms with van der Waals surface area (Å²) in [6.07, 6.45) is 3.41. The Morgan fingerprint density at radius 3 is 2.32 bits per heavy atom. The summed E-state index contributed by atoms with van der Waals surface area (Å²) in [5, 5.41) is 3.81. The standard InChI is InChI=1S/C17H18N2O2S/c1-14-8-10-17(11-9-14)22(20,21)19-18-13-15(2)12-16-6-4-3-5-7-16/h3-13,19H,1-2H3/b15-12+,18-13-. The van der Waals surface area contributed by atoms with Crippen LogP contribution in [0.25, 0.3) is 6.08 Å². The van der Waals surface area contributed by atoms with Gasteiger partial charge in [0.1, 0.15) is 0 Å². The van der Waals surface area contributed by atoms with Crippen LogP contribution in [-0.4, -0.2) is 14.6 Å². The van der Waals surface area contributed by atoms with Gasteiger partial charge in [-0.15, -0.1) is 0 Å². The van der Waals surface area contributed by atoms with Crippen LogP contribution in [0.4, 0.5) is 0 Å². The second-order valence-electron chi connectivity index (χ2n) is 4.97. The minimum atomic E-state index is -3.62. The van der Waals surface area contributed by atoms with E-state index < -0.39 is 10.0 Å². The molecular formula is C17H18N2O2S. The molecule has 1 N–H and O–H groups in total. The number of hydrazone groups is 1. The van der Waals surface area contributed by atoms with Gasteiger partial charge in [-0.2, -0.15) is 13.5 Å². The number of allylic oxidation sites excluding steroid dienone is 1. The van der Waals surface area contributed by atoms with E-state index in [0.29, 0.717) is 0 Å². The molecule has 0 saturated carbocycles. The largest absolute Gasteiger partial charge is 0.276 e. The summed E-state index contributed by atoms with van der Waals surface area (Å²) in [6, 6.07) is 16.4. The van der Waals surface area contributed by atoms with Crippen molar-refractivity contribution in [3.05, 3.63) is 71.3 Å². The van der Waals surface area contributed by atoms with Crippen LogP contribution in [0.1, 0.15) is 18.1 Å². The predicted octanol–water partition coefficient (Wildman–Crippen LogP) is 3.36. The molecule has 4 nitrogen and oxygen atoms in total. The van der Waals surface area contributed by atoms with Crippen LogP contribution < -0.4 is 4.83 Å². The second kappa shape index (κ2) is 7.04. The molecule has 0 unspecified atom stereocenters. The van der Waals surface area contributed by atoms with Gasteiger partial charge in [0, 0.05) is 0 Å². The molecule has 5 heteroatoms. The maximum Gasteiger partial charge on any atom is 0.276 e. The van der Waals surface area contributed by atoms with Crippen LogP contribution in [0.5, 0.6) is 0 Å². The van der Waals surface area contributed by atoms with E-state index in [-0.39, 0.29) is 4.90 Å². The van der Waals surface area contributed by atoms with E-state index in [1.165, 1.54) is 6.21 Å². The monoisotopic (exact) mass is 314 g/mol. The fourth-order valence-corrected chi connectivity index (χ4v) is 2.61. The van der Waals surface area contributed by atoms with Crippen LogP contribution in [0.15, 0.2) is 70.2 Å². The normalized spacial score (nSPS) is 12.5. The minimum absolute atomic E-state index is 0.194. The molecule has 0 heterocycles. The smallest absolute Gasteiger partial charge is 0.200 e. The lowest BCUT2D eigenvalue weighted by atomic mass is 10.1. The maximum absolute atomic E-state index is 12.0. The molecule has 0 amide bonds. The number of rotatable bonds is 5. The highest BCUT2D eigenvalue weighted by Gasteiger charge is 2.11. The second-order valence-corrected chi connectivity index (χ2v) is 6.63. The number of nitrogens with one attached hydrogen (secondary N) is 1. The van der Waals surface area contributed by atoms with Crippen molar-refractivity contribution in [3.63, 3.8) is 0 Å². The summed E-state index contributed by atoms with van der Waals surface area (Å²) in [7, 11) is -3.62. The summed E-state index contributed by atoms with van der Waals surface area (Å²) < 4.78 is 24.1. The van der Waals surface area contributed by atoms with E-state index in [0.717, 1.165) is 16.7 Å². The Labute approximate surface area is 131 Å². The minimum Gasteiger partial charge on any atom is -0.200 e. The van der Waals surface area contributed by atoms with Crippen molar-refractivity contribution >= 4 is 22.3 Å². The molecule has 0 aromatic heterocycles. The van der Waals surface area contributed by atoms with Crippen molar-refractivity contribution in [2.75, 3.05) is 0 Å². The molecular weight excluding hydrogens is 296 g/mol. The first-order chi connectivity index (χ1) is 10.5. The topological polar surface area (TPSA) is 58.5 Å². The van der Waals surface area contributed by atoms with Gasteiger partial charge in [0.2, 0.25) is 0 Å². The number of hydrogen-bond acceptors (Lipinski definition) is 3. The molecule has 0 saturated heterocycles. The van der Waals surface area contributed by atoms with Crippen molar-refractivity contribution in [1.29, 1.82) is 0 Å². The quantitative estimate of drug-likeness (QED) is 0.679. The molecule has 0 spiro atoms. The van der Waals surface area contributed by atoms with E-state index in [9.17, 15) is 8.42 Å². The molecule has 2 aromatic carbocycles. The molecule has 0 aliphatic heterocycles. The van der Waals surface area contributed by atoms with Gasteiger partial charge >= 0.3 is 0 Å². The highest BCUT2D eigenvalue weighted by Crippen LogP contribution is 2.10. The van der Waals surface area contributed by atoms with Gasteiger partial charge in [-0.25, -0.2) is 4.83 Å². The fourth-order valence-electron chi connectivity index (χ4n) is 1.82. The fraction of sp³-hybridized carbons (Fsp3) is 0.118. The third-order valence-electron chi connectivity index (χ3n) is 2.97. The van der Waals surface area contributed by atoms with E-state index in [1.807, 2.05) is 50.3 Å². The molecule has 0 atom stereocenters. The third kappa shape index (κ3) is 4.56. The summed E-state index contributed by atoms with van der Waals surface area (Å²) in [5.74, 6) is 0. The lowest BCUT2D eigenvalue weighted by Crippen LogP contribution is -2.18. The summed E-state index contributed by atoms with van der Waals surface area (Å²) in [4.78, 5) is 2.41. The predicted molar refractivity (Wildman–Crippen MR) is 90.1 cm³/mol. The van der Waals surface area contributed by atoms with Gasteiger partial charge in [0.15, 0.2) is 0 Å². The Kier molecular flexibility index (Phi) is 5.12. The first-order valence-corrected chi connectivity index (χ1v) is 8.30. The van der Waals surface area contributed by atoms with Crippen LogP contribution in [0.2, 0.25) is 0 Å². The van der Waals surface area contributed by atoms with Gasteiger partial charge in [-0.05, 0) is 37.1 Å². The number of nitrogens with zero attached hydrogens (tertiary/aromatic N) is 1. The molecule has 0 fully saturated rings. The SMILES string of the molecule is CC(/C=N\NS(=O)(=O)c1ccc(C)cc1)=C\c1ccccc1. The summed E-state index contributed by atoms with van der Waals surface area (Å²) in [5.41, 5.74) is 2.88. The van der Waals surface area contributed by atoms with Crippen LogP contribution in [0.3, 0.4) is 0 Å². The average molecular weight is 314 g/mol. The van der Waals surface area contributed by atoms with Crippen LogP contribution in [0, 0.1) is 6.92 Å². The van der Waals surface area contributed by atoms with Crippen molar-refractivity contribution < 1.29 is 8.42 Å². The lowest BCUT2D eigenvalue weighted by Gasteiger charge is -2.03. The van der Waals surface area contributed by atoms with Crippen molar-refractivity contribution in [2.45, 2.75) is 18.7 Å². The molecule has 0 aliphatic carbocycles. The number of aryl methyl sites for hydroxylation is 1. The zero-order chi connectivity index (χ0) is 16.0. The van der Waals surface area contributed by atoms with Gasteiger partial charge in [0.05, 0.1) is 11.1 Å². The Bertz CT molecular complexity index is 777. The highest BCUT2D eigenvalue weighted by molar-refractivity contribution is 7.89. The number of hydrogen-bond donors (Lipinski definition) is 1. The van der Waals surface area contributed by atoms with Gasteiger partial charge in [-0.3, -0.25) is 0 Å². The lowest BCUT2D eigenvalue weighted by molar-refractivity contribution is 0.584. The van der Waals surface area contributed by atoms with E-state index >= 15 is 0 Å². The molecule has 0 bridgehead atoms. The van der Waals surface area contributed by atoms with E-state index in [2.05, 4.69) is 9.93 Å². The van der Waals surface area contributed by atoms with Crippen molar-refractivity contribution in [3.8, 4) is 0 Å². The van der Waals surface area contributed by atoms with Gasteiger partial charge in [-0.1, -0.05) is 54.1 Å². The first-order valence-electron chi connectivity index (χ1n) is 6.82. The zero-order valence-electron chi connectivity index (χ0n) is 12.5. The average Bonchev–Trinajstić information content (AvgIpc) is 2.48. The maximum atomic E-state index is 12.0. The van der Waals surface area contributed by atoms with Crippen molar-refractivity contribution in [1.82, 2.24) is 4.83 Å². The molecule has 114 valence electrons. The third-order valence-corrected chi connectivity index (χ3v) is 4.20. The highest BCUT2D eigenvalue weighted by atomic mass is 32.2. The van der Waals surface area contributed by atoms with Gasteiger partial charge < -0.3 is 0 Å². The Balaban J connectivity index is 2.05. The Morgan fingerprint density at radius 2 is 1.68 bits per heavy atom. The number of sulfonamides is 1. The van der Waals surface area contributed by atoms with Crippen LogP contribution >= 0.6 is 0 Å². The van der Waals surface area contributed by atoms with Crippen molar-refractivity contribution in [2.24, 2.45) is 5.10 Å². The molecule has 0 radical (unpaired) electrons. The molecule has 22 heavy (non-hydrogen) atoms. The van der Waals surface area contributed by atoms with E-state index in [1.54, 1.807) is 24.3 Å². The molecule has 0 aliphatic rings. The van der Waals surface area contributed by atoms with Crippen LogP contribution in [-0.2, 0) is 10.0 Å². The Morgan fingerprint density at radius 1 is 1.05 bits per heavy atom. The summed E-state index contributed by atoms with van der Waals surface area (Å²) >= 11 is 0. The zero-order valence-corrected chi connectivity index (χ0v) is 13.3. The molecule has 2 rings (SSSR count). The Hall–Kier alpha value is -2.40.